The minimum Gasteiger partial charge on any atom is -0.478 e. The molecule has 0 bridgehead atoms. The summed E-state index contributed by atoms with van der Waals surface area (Å²) in [5.41, 5.74) is -0.391. The molecular weight excluding hydrogens is 293 g/mol. The van der Waals surface area contributed by atoms with Crippen LogP contribution in [0.3, 0.4) is 0 Å². The number of carboxylic acids is 1. The number of hydrogen-bond acceptors (Lipinski definition) is 5. The Kier molecular flexibility index (Phi) is 4.79. The SMILES string of the molecule is COC(=O)C(C)NS(=O)(=O)c1cc(C(=O)O)ccc1F. The van der Waals surface area contributed by atoms with Gasteiger partial charge in [0.2, 0.25) is 10.0 Å². The first-order valence-corrected chi connectivity index (χ1v) is 6.80. The molecule has 1 unspecified atom stereocenters. The normalized spacial score (nSPS) is 12.8. The lowest BCUT2D eigenvalue weighted by Crippen LogP contribution is -2.39. The maximum absolute atomic E-state index is 13.5. The quantitative estimate of drug-likeness (QED) is 0.760. The van der Waals surface area contributed by atoms with Crippen LogP contribution in [-0.4, -0.2) is 38.6 Å². The van der Waals surface area contributed by atoms with Crippen LogP contribution in [0.15, 0.2) is 23.1 Å². The largest absolute Gasteiger partial charge is 0.478 e. The molecule has 0 aliphatic heterocycles. The second kappa shape index (κ2) is 5.97. The molecule has 2 N–H and O–H groups in total. The molecule has 0 radical (unpaired) electrons. The van der Waals surface area contributed by atoms with Crippen molar-refractivity contribution < 1.29 is 32.2 Å². The van der Waals surface area contributed by atoms with Crippen molar-refractivity contribution in [3.63, 3.8) is 0 Å². The highest BCUT2D eigenvalue weighted by molar-refractivity contribution is 7.89. The zero-order valence-corrected chi connectivity index (χ0v) is 11.4. The van der Waals surface area contributed by atoms with Crippen LogP contribution in [0, 0.1) is 5.82 Å². The summed E-state index contributed by atoms with van der Waals surface area (Å²) < 4.78 is 43.6. The van der Waals surface area contributed by atoms with Gasteiger partial charge in [-0.05, 0) is 25.1 Å². The van der Waals surface area contributed by atoms with E-state index in [1.165, 1.54) is 6.92 Å². The number of ether oxygens (including phenoxy) is 1. The van der Waals surface area contributed by atoms with Gasteiger partial charge in [0.1, 0.15) is 16.8 Å². The van der Waals surface area contributed by atoms with Crippen LogP contribution in [0.2, 0.25) is 0 Å². The number of carbonyl (C=O) groups is 2. The van der Waals surface area contributed by atoms with Crippen LogP contribution in [0.1, 0.15) is 17.3 Å². The van der Waals surface area contributed by atoms with Crippen molar-refractivity contribution in [2.24, 2.45) is 0 Å². The summed E-state index contributed by atoms with van der Waals surface area (Å²) in [5.74, 6) is -3.38. The molecule has 9 heteroatoms. The molecule has 0 fully saturated rings. The summed E-state index contributed by atoms with van der Waals surface area (Å²) in [5, 5.41) is 8.76. The average Bonchev–Trinajstić information content (AvgIpc) is 2.37. The number of hydrogen-bond donors (Lipinski definition) is 2. The van der Waals surface area contributed by atoms with Gasteiger partial charge in [-0.15, -0.1) is 0 Å². The molecule has 0 saturated carbocycles. The number of aromatic carboxylic acids is 1. The van der Waals surface area contributed by atoms with Crippen molar-refractivity contribution in [1.29, 1.82) is 0 Å². The second-order valence-electron chi connectivity index (χ2n) is 3.82. The van der Waals surface area contributed by atoms with E-state index in [0.717, 1.165) is 19.2 Å². The van der Waals surface area contributed by atoms with Crippen LogP contribution in [0.4, 0.5) is 4.39 Å². The van der Waals surface area contributed by atoms with E-state index in [-0.39, 0.29) is 0 Å². The maximum atomic E-state index is 13.5. The fraction of sp³-hybridized carbons (Fsp3) is 0.273. The van der Waals surface area contributed by atoms with Crippen molar-refractivity contribution in [3.8, 4) is 0 Å². The van der Waals surface area contributed by atoms with Crippen LogP contribution in [0.5, 0.6) is 0 Å². The van der Waals surface area contributed by atoms with Gasteiger partial charge < -0.3 is 9.84 Å². The molecule has 0 saturated heterocycles. The van der Waals surface area contributed by atoms with E-state index in [9.17, 15) is 22.4 Å². The fourth-order valence-electron chi connectivity index (χ4n) is 1.36. The minimum absolute atomic E-state index is 0.391. The number of esters is 1. The zero-order valence-electron chi connectivity index (χ0n) is 10.6. The van der Waals surface area contributed by atoms with Crippen LogP contribution >= 0.6 is 0 Å². The molecule has 1 atom stereocenters. The molecule has 0 spiro atoms. The molecule has 1 aromatic rings. The summed E-state index contributed by atoms with van der Waals surface area (Å²) in [6.07, 6.45) is 0. The Morgan fingerprint density at radius 2 is 2.00 bits per heavy atom. The zero-order chi connectivity index (χ0) is 15.5. The second-order valence-corrected chi connectivity index (χ2v) is 5.50. The Hall–Kier alpha value is -2.00. The van der Waals surface area contributed by atoms with Gasteiger partial charge in [-0.3, -0.25) is 4.79 Å². The molecule has 0 heterocycles. The van der Waals surface area contributed by atoms with E-state index in [1.807, 2.05) is 4.72 Å². The van der Waals surface area contributed by atoms with Crippen molar-refractivity contribution in [2.75, 3.05) is 7.11 Å². The minimum atomic E-state index is -4.39. The monoisotopic (exact) mass is 305 g/mol. The summed E-state index contributed by atoms with van der Waals surface area (Å²) in [4.78, 5) is 21.0. The lowest BCUT2D eigenvalue weighted by Gasteiger charge is -2.12. The number of benzene rings is 1. The number of halogens is 1. The van der Waals surface area contributed by atoms with E-state index in [2.05, 4.69) is 4.74 Å². The number of carboxylic acid groups (broad SMARTS) is 1. The van der Waals surface area contributed by atoms with Crippen LogP contribution < -0.4 is 4.72 Å². The number of rotatable bonds is 5. The Morgan fingerprint density at radius 3 is 2.50 bits per heavy atom. The summed E-state index contributed by atoms with van der Waals surface area (Å²) in [6, 6.07) is 1.09. The Morgan fingerprint density at radius 1 is 1.40 bits per heavy atom. The van der Waals surface area contributed by atoms with E-state index < -0.39 is 44.3 Å². The van der Waals surface area contributed by atoms with Gasteiger partial charge in [-0.1, -0.05) is 0 Å². The van der Waals surface area contributed by atoms with Crippen molar-refractivity contribution in [3.05, 3.63) is 29.6 Å². The predicted molar refractivity (Wildman–Crippen MR) is 65.2 cm³/mol. The third-order valence-electron chi connectivity index (χ3n) is 2.35. The highest BCUT2D eigenvalue weighted by atomic mass is 32.2. The first kappa shape index (κ1) is 16.1. The summed E-state index contributed by atoms with van der Waals surface area (Å²) in [7, 11) is -3.32. The molecule has 0 aliphatic carbocycles. The molecule has 0 amide bonds. The number of carbonyl (C=O) groups excluding carboxylic acids is 1. The third kappa shape index (κ3) is 3.52. The number of sulfonamides is 1. The van der Waals surface area contributed by atoms with Crippen molar-refractivity contribution in [1.82, 2.24) is 4.72 Å². The van der Waals surface area contributed by atoms with Gasteiger partial charge in [0.15, 0.2) is 0 Å². The maximum Gasteiger partial charge on any atom is 0.335 e. The Bertz CT molecular complexity index is 642. The van der Waals surface area contributed by atoms with Gasteiger partial charge in [0.25, 0.3) is 0 Å². The Labute approximate surface area is 114 Å². The van der Waals surface area contributed by atoms with E-state index in [4.69, 9.17) is 5.11 Å². The number of methoxy groups -OCH3 is 1. The first-order valence-electron chi connectivity index (χ1n) is 5.32. The van der Waals surface area contributed by atoms with Crippen molar-refractivity contribution >= 4 is 22.0 Å². The average molecular weight is 305 g/mol. The molecule has 1 rings (SSSR count). The molecule has 0 aliphatic rings. The molecule has 7 nitrogen and oxygen atoms in total. The molecule has 20 heavy (non-hydrogen) atoms. The lowest BCUT2D eigenvalue weighted by molar-refractivity contribution is -0.142. The van der Waals surface area contributed by atoms with Gasteiger partial charge in [-0.2, -0.15) is 4.72 Å². The molecule has 1 aromatic carbocycles. The predicted octanol–water partition coefficient (Wildman–Crippen LogP) is 0.364. The lowest BCUT2D eigenvalue weighted by atomic mass is 10.2. The van der Waals surface area contributed by atoms with Crippen LogP contribution in [0.25, 0.3) is 0 Å². The van der Waals surface area contributed by atoms with Gasteiger partial charge in [0.05, 0.1) is 12.7 Å². The van der Waals surface area contributed by atoms with E-state index >= 15 is 0 Å². The summed E-state index contributed by atoms with van der Waals surface area (Å²) in [6.45, 7) is 1.21. The van der Waals surface area contributed by atoms with E-state index in [0.29, 0.717) is 6.07 Å². The standard InChI is InChI=1S/C11H12FNO6S/c1-6(11(16)19-2)13-20(17,18)9-5-7(10(14)15)3-4-8(9)12/h3-6,13H,1-2H3,(H,14,15). The topological polar surface area (TPSA) is 110 Å². The Balaban J connectivity index is 3.18. The fourth-order valence-corrected chi connectivity index (χ4v) is 2.66. The van der Waals surface area contributed by atoms with Crippen molar-refractivity contribution in [2.45, 2.75) is 17.9 Å². The van der Waals surface area contributed by atoms with Gasteiger partial charge in [0, 0.05) is 0 Å². The third-order valence-corrected chi connectivity index (χ3v) is 3.91. The highest BCUT2D eigenvalue weighted by Crippen LogP contribution is 2.17. The summed E-state index contributed by atoms with van der Waals surface area (Å²) >= 11 is 0. The van der Waals surface area contributed by atoms with Gasteiger partial charge >= 0.3 is 11.9 Å². The number of nitrogens with one attached hydrogen (secondary N) is 1. The smallest absolute Gasteiger partial charge is 0.335 e. The van der Waals surface area contributed by atoms with E-state index in [1.54, 1.807) is 0 Å². The van der Waals surface area contributed by atoms with Crippen LogP contribution in [-0.2, 0) is 19.6 Å². The first-order chi connectivity index (χ1) is 9.19. The highest BCUT2D eigenvalue weighted by Gasteiger charge is 2.26. The molecule has 110 valence electrons. The molecule has 0 aromatic heterocycles. The molecular formula is C11H12FNO6S. The van der Waals surface area contributed by atoms with Gasteiger partial charge in [-0.25, -0.2) is 17.6 Å².